The summed E-state index contributed by atoms with van der Waals surface area (Å²) in [7, 11) is 0. The summed E-state index contributed by atoms with van der Waals surface area (Å²) in [4.78, 5) is 42.0. The second-order valence-electron chi connectivity index (χ2n) is 8.39. The Balaban J connectivity index is 1.76. The molecule has 1 aliphatic carbocycles. The molecule has 2 N–H and O–H groups in total. The summed E-state index contributed by atoms with van der Waals surface area (Å²) >= 11 is 0. The molecule has 0 fully saturated rings. The maximum atomic E-state index is 13.9. The van der Waals surface area contributed by atoms with Gasteiger partial charge in [0.25, 0.3) is 17.4 Å². The molecule has 1 aromatic heterocycles. The predicted molar refractivity (Wildman–Crippen MR) is 116 cm³/mol. The summed E-state index contributed by atoms with van der Waals surface area (Å²) in [5.41, 5.74) is -1.68. The number of aromatic nitrogens is 1. The number of nitrogens with zero attached hydrogens (tertiary/aromatic N) is 2. The van der Waals surface area contributed by atoms with Crippen molar-refractivity contribution in [3.63, 3.8) is 0 Å². The van der Waals surface area contributed by atoms with Gasteiger partial charge in [-0.2, -0.15) is 0 Å². The first-order valence-electron chi connectivity index (χ1n) is 10.3. The topological polar surface area (TPSA) is 132 Å². The van der Waals surface area contributed by atoms with Crippen LogP contribution in [0.25, 0.3) is 0 Å². The molecule has 1 amide bonds. The lowest BCUT2D eigenvalue weighted by Crippen LogP contribution is -2.60. The van der Waals surface area contributed by atoms with E-state index < -0.39 is 33.6 Å². The fraction of sp³-hybridized carbons (Fsp3) is 0.208. The van der Waals surface area contributed by atoms with Crippen molar-refractivity contribution in [1.82, 2.24) is 10.3 Å². The molecule has 2 aliphatic rings. The number of nitrogens with one attached hydrogen (secondary N) is 1. The highest BCUT2D eigenvalue weighted by molar-refractivity contribution is 6.15. The van der Waals surface area contributed by atoms with Gasteiger partial charge in [0.15, 0.2) is 0 Å². The lowest BCUT2D eigenvalue weighted by Gasteiger charge is -2.34. The van der Waals surface area contributed by atoms with Gasteiger partial charge in [0, 0.05) is 29.6 Å². The van der Waals surface area contributed by atoms with Crippen molar-refractivity contribution in [3.05, 3.63) is 98.9 Å². The van der Waals surface area contributed by atoms with Crippen molar-refractivity contribution < 1.29 is 24.4 Å². The van der Waals surface area contributed by atoms with Crippen molar-refractivity contribution in [2.45, 2.75) is 31.1 Å². The number of amides is 1. The fourth-order valence-corrected chi connectivity index (χ4v) is 4.59. The van der Waals surface area contributed by atoms with Gasteiger partial charge in [-0.1, -0.05) is 38.1 Å². The van der Waals surface area contributed by atoms with Crippen LogP contribution in [0.1, 0.15) is 57.2 Å². The van der Waals surface area contributed by atoms with Crippen LogP contribution in [-0.4, -0.2) is 26.7 Å². The summed E-state index contributed by atoms with van der Waals surface area (Å²) in [6, 6.07) is 12.1. The smallest absolute Gasteiger partial charge is 0.280 e. The molecule has 0 saturated heterocycles. The fourth-order valence-electron chi connectivity index (χ4n) is 4.59. The van der Waals surface area contributed by atoms with Crippen molar-refractivity contribution in [1.29, 1.82) is 0 Å². The molecule has 2 heterocycles. The SMILES string of the molecule is CC(C)c1ccc2c(c1)OC1(O)c3cccc([N+](=O)[O-])c3C(=O)C21NC(=O)c1cccnc1. The summed E-state index contributed by atoms with van der Waals surface area (Å²) in [5.74, 6) is -3.52. The summed E-state index contributed by atoms with van der Waals surface area (Å²) in [6.45, 7) is 3.96. The van der Waals surface area contributed by atoms with Crippen LogP contribution in [-0.2, 0) is 11.3 Å². The van der Waals surface area contributed by atoms with Gasteiger partial charge < -0.3 is 15.2 Å². The molecule has 2 unspecified atom stereocenters. The van der Waals surface area contributed by atoms with Crippen LogP contribution in [0.2, 0.25) is 0 Å². The first-order chi connectivity index (χ1) is 15.7. The molecule has 2 atom stereocenters. The van der Waals surface area contributed by atoms with Crippen molar-refractivity contribution in [2.24, 2.45) is 0 Å². The molecule has 166 valence electrons. The normalized spacial score (nSPS) is 22.4. The average Bonchev–Trinajstić information content (AvgIpc) is 3.16. The van der Waals surface area contributed by atoms with Gasteiger partial charge in [0.05, 0.1) is 10.5 Å². The van der Waals surface area contributed by atoms with E-state index in [1.165, 1.54) is 36.7 Å². The lowest BCUT2D eigenvalue weighted by atomic mass is 9.82. The number of carbonyl (C=O) groups excluding carboxylic acids is 2. The number of benzene rings is 2. The first kappa shape index (κ1) is 20.8. The number of rotatable bonds is 4. The van der Waals surface area contributed by atoms with E-state index in [0.29, 0.717) is 0 Å². The zero-order chi connectivity index (χ0) is 23.5. The van der Waals surface area contributed by atoms with E-state index in [4.69, 9.17) is 4.74 Å². The molecular formula is C24H19N3O6. The quantitative estimate of drug-likeness (QED) is 0.466. The van der Waals surface area contributed by atoms with E-state index in [0.717, 1.165) is 5.56 Å². The predicted octanol–water partition coefficient (Wildman–Crippen LogP) is 3.17. The number of ether oxygens (including phenoxy) is 1. The van der Waals surface area contributed by atoms with Gasteiger partial charge in [0.2, 0.25) is 11.3 Å². The molecule has 9 nitrogen and oxygen atoms in total. The minimum Gasteiger partial charge on any atom is -0.454 e. The van der Waals surface area contributed by atoms with Crippen molar-refractivity contribution >= 4 is 17.4 Å². The molecule has 0 spiro atoms. The highest BCUT2D eigenvalue weighted by Gasteiger charge is 2.73. The van der Waals surface area contributed by atoms with E-state index >= 15 is 0 Å². The summed E-state index contributed by atoms with van der Waals surface area (Å²) < 4.78 is 5.96. The summed E-state index contributed by atoms with van der Waals surface area (Å²) in [6.07, 6.45) is 2.81. The number of ketones is 1. The van der Waals surface area contributed by atoms with E-state index in [2.05, 4.69) is 10.3 Å². The van der Waals surface area contributed by atoms with Crippen LogP contribution < -0.4 is 10.1 Å². The Bertz CT molecular complexity index is 1340. The van der Waals surface area contributed by atoms with Crippen LogP contribution in [0.15, 0.2) is 60.9 Å². The molecule has 9 heteroatoms. The molecule has 0 bridgehead atoms. The standard InChI is InChI=1S/C24H19N3O6/c1-13(2)14-8-9-16-19(11-14)33-24(30)17-6-3-7-18(27(31)32)20(17)21(28)23(16,24)26-22(29)15-5-4-10-25-12-15/h3-13,30H,1-2H3,(H,26,29). The number of hydrogen-bond acceptors (Lipinski definition) is 7. The average molecular weight is 445 g/mol. The highest BCUT2D eigenvalue weighted by atomic mass is 16.6. The van der Waals surface area contributed by atoms with Gasteiger partial charge in [-0.3, -0.25) is 24.7 Å². The maximum Gasteiger partial charge on any atom is 0.280 e. The maximum absolute atomic E-state index is 13.9. The number of nitro groups is 1. The Morgan fingerprint density at radius 2 is 1.97 bits per heavy atom. The largest absolute Gasteiger partial charge is 0.454 e. The third-order valence-corrected chi connectivity index (χ3v) is 6.24. The zero-order valence-corrected chi connectivity index (χ0v) is 17.7. The second-order valence-corrected chi connectivity index (χ2v) is 8.39. The van der Waals surface area contributed by atoms with Gasteiger partial charge in [-0.05, 0) is 29.7 Å². The summed E-state index contributed by atoms with van der Waals surface area (Å²) in [5, 5.41) is 26.2. The number of fused-ring (bicyclic) bond motifs is 5. The minimum atomic E-state index is -2.37. The van der Waals surface area contributed by atoms with Crippen molar-refractivity contribution in [3.8, 4) is 5.75 Å². The highest BCUT2D eigenvalue weighted by Crippen LogP contribution is 2.59. The van der Waals surface area contributed by atoms with Gasteiger partial charge >= 0.3 is 0 Å². The van der Waals surface area contributed by atoms with E-state index in [9.17, 15) is 24.8 Å². The molecule has 2 aromatic carbocycles. The Labute approximate surface area is 188 Å². The monoisotopic (exact) mass is 445 g/mol. The minimum absolute atomic E-state index is 0.0736. The van der Waals surface area contributed by atoms with Crippen LogP contribution >= 0.6 is 0 Å². The van der Waals surface area contributed by atoms with Crippen LogP contribution in [0.3, 0.4) is 0 Å². The number of carbonyl (C=O) groups is 2. The number of aliphatic hydroxyl groups is 1. The second kappa shape index (κ2) is 6.94. The first-order valence-corrected chi connectivity index (χ1v) is 10.3. The zero-order valence-electron chi connectivity index (χ0n) is 17.7. The van der Waals surface area contributed by atoms with Gasteiger partial charge in [-0.15, -0.1) is 0 Å². The van der Waals surface area contributed by atoms with Gasteiger partial charge in [0.1, 0.15) is 11.3 Å². The Hall–Kier alpha value is -4.11. The molecule has 33 heavy (non-hydrogen) atoms. The van der Waals surface area contributed by atoms with Crippen LogP contribution in [0.5, 0.6) is 5.75 Å². The van der Waals surface area contributed by atoms with E-state index in [-0.39, 0.29) is 33.9 Å². The number of hydrogen-bond donors (Lipinski definition) is 2. The van der Waals surface area contributed by atoms with Crippen LogP contribution in [0, 0.1) is 10.1 Å². The Kier molecular flexibility index (Phi) is 4.37. The molecular weight excluding hydrogens is 426 g/mol. The molecule has 3 aromatic rings. The molecule has 0 radical (unpaired) electrons. The van der Waals surface area contributed by atoms with Crippen LogP contribution in [0.4, 0.5) is 5.69 Å². The lowest BCUT2D eigenvalue weighted by molar-refractivity contribution is -0.385. The van der Waals surface area contributed by atoms with Gasteiger partial charge in [-0.25, -0.2) is 0 Å². The Morgan fingerprint density at radius 3 is 2.64 bits per heavy atom. The Morgan fingerprint density at radius 1 is 1.18 bits per heavy atom. The van der Waals surface area contributed by atoms with Crippen molar-refractivity contribution in [2.75, 3.05) is 0 Å². The number of nitro benzene ring substituents is 1. The number of pyridine rings is 1. The molecule has 0 saturated carbocycles. The molecule has 5 rings (SSSR count). The van der Waals surface area contributed by atoms with E-state index in [1.54, 1.807) is 24.3 Å². The van der Waals surface area contributed by atoms with E-state index in [1.807, 2.05) is 13.8 Å². The molecule has 1 aliphatic heterocycles. The number of Topliss-reactive ketones (excluding diaryl/α,β-unsaturated/α-hetero) is 1. The third kappa shape index (κ3) is 2.66. The third-order valence-electron chi connectivity index (χ3n) is 6.24.